The highest BCUT2D eigenvalue weighted by atomic mass is 35.5. The third-order valence-corrected chi connectivity index (χ3v) is 5.27. The minimum atomic E-state index is -0.984. The van der Waals surface area contributed by atoms with Gasteiger partial charge in [0.15, 0.2) is 4.96 Å². The van der Waals surface area contributed by atoms with Crippen LogP contribution in [0.5, 0.6) is 0 Å². The first-order chi connectivity index (χ1) is 10.9. The van der Waals surface area contributed by atoms with Gasteiger partial charge in [-0.3, -0.25) is 4.40 Å². The summed E-state index contributed by atoms with van der Waals surface area (Å²) in [6, 6.07) is 5.71. The Bertz CT molecular complexity index is 953. The van der Waals surface area contributed by atoms with Crippen LogP contribution in [0.2, 0.25) is 5.02 Å². The van der Waals surface area contributed by atoms with E-state index in [0.717, 1.165) is 44.1 Å². The van der Waals surface area contributed by atoms with E-state index in [0.29, 0.717) is 5.02 Å². The van der Waals surface area contributed by atoms with Gasteiger partial charge in [-0.05, 0) is 44.5 Å². The van der Waals surface area contributed by atoms with Crippen LogP contribution in [0, 0.1) is 20.8 Å². The number of aryl methyl sites for hydroxylation is 3. The number of carbonyl (C=O) groups is 1. The number of fused-ring (bicyclic) bond motifs is 1. The molecule has 1 N–H and O–H groups in total. The minimum Gasteiger partial charge on any atom is -0.478 e. The molecular weight excluding hydrogens is 332 g/mol. The van der Waals surface area contributed by atoms with Crippen LogP contribution in [0.4, 0.5) is 0 Å². The third-order valence-electron chi connectivity index (χ3n) is 3.79. The van der Waals surface area contributed by atoms with Gasteiger partial charge in [-0.25, -0.2) is 9.78 Å². The molecule has 4 nitrogen and oxygen atoms in total. The van der Waals surface area contributed by atoms with E-state index >= 15 is 0 Å². The van der Waals surface area contributed by atoms with E-state index in [9.17, 15) is 4.79 Å². The SMILES string of the molecule is Cc1cc(-c2nc3sc(C)c(C)n3c2/C=C/C(=O)O)ccc1Cl. The fourth-order valence-electron chi connectivity index (χ4n) is 2.48. The molecule has 0 aliphatic heterocycles. The molecule has 0 spiro atoms. The maximum absolute atomic E-state index is 10.9. The summed E-state index contributed by atoms with van der Waals surface area (Å²) in [6.07, 6.45) is 2.74. The fraction of sp³-hybridized carbons (Fsp3) is 0.176. The highest BCUT2D eigenvalue weighted by Gasteiger charge is 2.17. The van der Waals surface area contributed by atoms with Gasteiger partial charge in [0, 0.05) is 27.2 Å². The fourth-order valence-corrected chi connectivity index (χ4v) is 3.57. The van der Waals surface area contributed by atoms with Gasteiger partial charge >= 0.3 is 5.97 Å². The Morgan fingerprint density at radius 3 is 2.74 bits per heavy atom. The van der Waals surface area contributed by atoms with Gasteiger partial charge in [0.25, 0.3) is 0 Å². The number of imidazole rings is 1. The molecule has 23 heavy (non-hydrogen) atoms. The Morgan fingerprint density at radius 1 is 1.35 bits per heavy atom. The number of halogens is 1. The van der Waals surface area contributed by atoms with Crippen LogP contribution in [0.15, 0.2) is 24.3 Å². The summed E-state index contributed by atoms with van der Waals surface area (Å²) in [7, 11) is 0. The average molecular weight is 347 g/mol. The number of rotatable bonds is 3. The molecule has 2 heterocycles. The highest BCUT2D eigenvalue weighted by Crippen LogP contribution is 2.33. The zero-order valence-corrected chi connectivity index (χ0v) is 14.5. The lowest BCUT2D eigenvalue weighted by Gasteiger charge is -2.04. The zero-order valence-electron chi connectivity index (χ0n) is 12.9. The molecule has 0 atom stereocenters. The van der Waals surface area contributed by atoms with Crippen molar-refractivity contribution in [1.29, 1.82) is 0 Å². The maximum atomic E-state index is 10.9. The monoisotopic (exact) mass is 346 g/mol. The minimum absolute atomic E-state index is 0.699. The second kappa shape index (κ2) is 5.83. The molecule has 1 aromatic carbocycles. The van der Waals surface area contributed by atoms with Crippen LogP contribution in [0.1, 0.15) is 21.8 Å². The Balaban J connectivity index is 2.29. The summed E-state index contributed by atoms with van der Waals surface area (Å²) in [4.78, 5) is 17.7. The summed E-state index contributed by atoms with van der Waals surface area (Å²) in [5.41, 5.74) is 4.48. The molecule has 0 unspecified atom stereocenters. The molecule has 0 fully saturated rings. The van der Waals surface area contributed by atoms with Gasteiger partial charge in [-0.15, -0.1) is 11.3 Å². The van der Waals surface area contributed by atoms with Crippen molar-refractivity contribution in [2.24, 2.45) is 0 Å². The number of carboxylic acid groups (broad SMARTS) is 1. The first-order valence-electron chi connectivity index (χ1n) is 7.04. The average Bonchev–Trinajstić information content (AvgIpc) is 2.97. The molecule has 0 aliphatic carbocycles. The maximum Gasteiger partial charge on any atom is 0.328 e. The number of aromatic nitrogens is 2. The topological polar surface area (TPSA) is 54.6 Å². The van der Waals surface area contributed by atoms with Crippen molar-refractivity contribution < 1.29 is 9.90 Å². The molecule has 0 saturated heterocycles. The van der Waals surface area contributed by atoms with E-state index < -0.39 is 5.97 Å². The van der Waals surface area contributed by atoms with Gasteiger partial charge in [-0.2, -0.15) is 0 Å². The lowest BCUT2D eigenvalue weighted by Crippen LogP contribution is -1.93. The molecule has 0 saturated carbocycles. The van der Waals surface area contributed by atoms with Crippen molar-refractivity contribution in [3.63, 3.8) is 0 Å². The second-order valence-corrected chi connectivity index (χ2v) is 6.93. The first kappa shape index (κ1) is 15.8. The quantitative estimate of drug-likeness (QED) is 0.697. The van der Waals surface area contributed by atoms with E-state index in [1.165, 1.54) is 0 Å². The van der Waals surface area contributed by atoms with Crippen LogP contribution in [-0.4, -0.2) is 20.5 Å². The molecule has 0 bridgehead atoms. The number of thiazole rings is 1. The van der Waals surface area contributed by atoms with Gasteiger partial charge in [0.05, 0.1) is 11.4 Å². The Kier molecular flexibility index (Phi) is 4.00. The van der Waals surface area contributed by atoms with E-state index in [-0.39, 0.29) is 0 Å². The highest BCUT2D eigenvalue weighted by molar-refractivity contribution is 7.17. The molecule has 2 aromatic heterocycles. The Morgan fingerprint density at radius 2 is 2.09 bits per heavy atom. The molecule has 0 amide bonds. The third kappa shape index (κ3) is 2.78. The van der Waals surface area contributed by atoms with E-state index in [1.54, 1.807) is 17.4 Å². The number of hydrogen-bond acceptors (Lipinski definition) is 3. The van der Waals surface area contributed by atoms with Gasteiger partial charge in [0.1, 0.15) is 0 Å². The summed E-state index contributed by atoms with van der Waals surface area (Å²) in [5, 5.41) is 9.67. The predicted molar refractivity (Wildman–Crippen MR) is 94.4 cm³/mol. The normalized spacial score (nSPS) is 11.7. The van der Waals surface area contributed by atoms with Crippen LogP contribution in [-0.2, 0) is 4.79 Å². The summed E-state index contributed by atoms with van der Waals surface area (Å²) < 4.78 is 2.00. The van der Waals surface area contributed by atoms with Crippen molar-refractivity contribution >= 4 is 39.9 Å². The van der Waals surface area contributed by atoms with Gasteiger partial charge < -0.3 is 5.11 Å². The van der Waals surface area contributed by atoms with Gasteiger partial charge in [0.2, 0.25) is 0 Å². The van der Waals surface area contributed by atoms with E-state index in [2.05, 4.69) is 0 Å². The first-order valence-corrected chi connectivity index (χ1v) is 8.24. The lowest BCUT2D eigenvalue weighted by atomic mass is 10.1. The van der Waals surface area contributed by atoms with Crippen molar-refractivity contribution in [2.75, 3.05) is 0 Å². The second-order valence-electron chi connectivity index (χ2n) is 5.34. The van der Waals surface area contributed by atoms with E-state index in [1.807, 2.05) is 43.4 Å². The Hall–Kier alpha value is -2.11. The standard InChI is InChI=1S/C17H15ClN2O2S/c1-9-8-12(4-5-13(9)18)16-14(6-7-15(21)22)20-10(2)11(3)23-17(20)19-16/h4-8H,1-3H3,(H,21,22)/b7-6+. The molecule has 0 aliphatic rings. The molecule has 3 aromatic rings. The Labute approximate surface area is 142 Å². The van der Waals surface area contributed by atoms with Gasteiger partial charge in [-0.1, -0.05) is 17.7 Å². The van der Waals surface area contributed by atoms with Crippen molar-refractivity contribution in [3.8, 4) is 11.3 Å². The predicted octanol–water partition coefficient (Wildman–Crippen LogP) is 4.74. The van der Waals surface area contributed by atoms with Crippen LogP contribution in [0.25, 0.3) is 22.3 Å². The summed E-state index contributed by atoms with van der Waals surface area (Å²) >= 11 is 7.69. The lowest BCUT2D eigenvalue weighted by molar-refractivity contribution is -0.131. The molecule has 3 rings (SSSR count). The smallest absolute Gasteiger partial charge is 0.328 e. The largest absolute Gasteiger partial charge is 0.478 e. The number of nitrogens with zero attached hydrogens (tertiary/aromatic N) is 2. The number of aliphatic carboxylic acids is 1. The van der Waals surface area contributed by atoms with Crippen LogP contribution < -0.4 is 0 Å². The van der Waals surface area contributed by atoms with Crippen LogP contribution in [0.3, 0.4) is 0 Å². The molecule has 6 heteroatoms. The molecule has 0 radical (unpaired) electrons. The number of carboxylic acids is 1. The summed E-state index contributed by atoms with van der Waals surface area (Å²) in [6.45, 7) is 5.98. The number of hydrogen-bond donors (Lipinski definition) is 1. The molecular formula is C17H15ClN2O2S. The molecule has 118 valence electrons. The van der Waals surface area contributed by atoms with Crippen LogP contribution >= 0.6 is 22.9 Å². The van der Waals surface area contributed by atoms with Crippen molar-refractivity contribution in [2.45, 2.75) is 20.8 Å². The van der Waals surface area contributed by atoms with Crippen molar-refractivity contribution in [1.82, 2.24) is 9.38 Å². The zero-order chi connectivity index (χ0) is 16.7. The number of benzene rings is 1. The van der Waals surface area contributed by atoms with Crippen molar-refractivity contribution in [3.05, 3.63) is 51.1 Å². The van der Waals surface area contributed by atoms with E-state index in [4.69, 9.17) is 21.7 Å². The summed E-state index contributed by atoms with van der Waals surface area (Å²) in [5.74, 6) is -0.984.